The van der Waals surface area contributed by atoms with E-state index in [-0.39, 0.29) is 11.4 Å². The fraction of sp³-hybridized carbons (Fsp3) is 0.462. The average Bonchev–Trinajstić information content (AvgIpc) is 2.36. The van der Waals surface area contributed by atoms with Crippen LogP contribution in [-0.4, -0.2) is 17.1 Å². The number of nitrogens with zero attached hydrogens (tertiary/aromatic N) is 2. The third kappa shape index (κ3) is 4.56. The van der Waals surface area contributed by atoms with Crippen molar-refractivity contribution < 1.29 is 9.66 Å². The predicted octanol–water partition coefficient (Wildman–Crippen LogP) is 2.38. The van der Waals surface area contributed by atoms with E-state index in [9.17, 15) is 10.1 Å². The lowest BCUT2D eigenvalue weighted by molar-refractivity contribution is -0.386. The summed E-state index contributed by atoms with van der Waals surface area (Å²) in [4.78, 5) is 10.4. The van der Waals surface area contributed by atoms with E-state index in [4.69, 9.17) is 10.00 Å². The first kappa shape index (κ1) is 14.9. The first-order chi connectivity index (χ1) is 8.93. The Morgan fingerprint density at radius 2 is 2.16 bits per heavy atom. The first-order valence-corrected chi connectivity index (χ1v) is 6.01. The fourth-order valence-electron chi connectivity index (χ4n) is 1.45. The van der Waals surface area contributed by atoms with Gasteiger partial charge in [-0.25, -0.2) is 0 Å². The molecular formula is C13H17N3O3. The molecule has 6 nitrogen and oxygen atoms in total. The van der Waals surface area contributed by atoms with Crippen molar-refractivity contribution in [3.63, 3.8) is 0 Å². The molecule has 1 aromatic carbocycles. The maximum absolute atomic E-state index is 10.9. The van der Waals surface area contributed by atoms with E-state index >= 15 is 0 Å². The number of benzene rings is 1. The van der Waals surface area contributed by atoms with Crippen LogP contribution in [0, 0.1) is 21.4 Å². The summed E-state index contributed by atoms with van der Waals surface area (Å²) < 4.78 is 5.27. The van der Waals surface area contributed by atoms with Crippen LogP contribution in [-0.2, 0) is 6.54 Å². The lowest BCUT2D eigenvalue weighted by Crippen LogP contribution is -2.21. The van der Waals surface area contributed by atoms with E-state index in [1.165, 1.54) is 6.07 Å². The molecule has 0 aliphatic heterocycles. The van der Waals surface area contributed by atoms with Crippen molar-refractivity contribution in [1.82, 2.24) is 5.32 Å². The number of nitriles is 1. The maximum atomic E-state index is 10.9. The molecule has 1 N–H and O–H groups in total. The average molecular weight is 263 g/mol. The molecule has 0 aliphatic rings. The van der Waals surface area contributed by atoms with E-state index in [0.717, 1.165) is 5.56 Å². The number of rotatable bonds is 6. The molecule has 1 aromatic rings. The molecule has 6 heteroatoms. The molecule has 0 aliphatic carbocycles. The minimum Gasteiger partial charge on any atom is -0.469 e. The molecule has 0 amide bonds. The second-order valence-corrected chi connectivity index (χ2v) is 4.48. The molecule has 0 bridgehead atoms. The predicted molar refractivity (Wildman–Crippen MR) is 70.8 cm³/mol. The van der Waals surface area contributed by atoms with Gasteiger partial charge in [-0.2, -0.15) is 5.26 Å². The molecule has 0 saturated carbocycles. The van der Waals surface area contributed by atoms with Crippen LogP contribution >= 0.6 is 0 Å². The van der Waals surface area contributed by atoms with Crippen molar-refractivity contribution in [2.24, 2.45) is 0 Å². The third-order valence-electron chi connectivity index (χ3n) is 2.42. The standard InChI is InChI=1S/C13H17N3O3/c1-9(2)15-8-11-4-5-12(16(17)18)13(6-11)19-10(3)7-14/h4-6,9-10,15H,8H2,1-3H3. The number of nitro benzene ring substituents is 1. The summed E-state index contributed by atoms with van der Waals surface area (Å²) in [5.74, 6) is 0.127. The summed E-state index contributed by atoms with van der Waals surface area (Å²) in [6.45, 7) is 6.16. The topological polar surface area (TPSA) is 88.2 Å². The normalized spacial score (nSPS) is 11.9. The van der Waals surface area contributed by atoms with Gasteiger partial charge in [0.05, 0.1) is 4.92 Å². The van der Waals surface area contributed by atoms with Gasteiger partial charge in [0.1, 0.15) is 6.07 Å². The number of nitrogens with one attached hydrogen (secondary N) is 1. The lowest BCUT2D eigenvalue weighted by atomic mass is 10.1. The Hall–Kier alpha value is -2.13. The monoisotopic (exact) mass is 263 g/mol. The van der Waals surface area contributed by atoms with Gasteiger partial charge in [-0.1, -0.05) is 19.9 Å². The summed E-state index contributed by atoms with van der Waals surface area (Å²) in [5.41, 5.74) is 0.745. The maximum Gasteiger partial charge on any atom is 0.310 e. The highest BCUT2D eigenvalue weighted by Crippen LogP contribution is 2.28. The Bertz CT molecular complexity index is 494. The minimum atomic E-state index is -0.730. The Balaban J connectivity index is 2.98. The van der Waals surface area contributed by atoms with Gasteiger partial charge < -0.3 is 10.1 Å². The van der Waals surface area contributed by atoms with E-state index in [1.54, 1.807) is 19.1 Å². The Labute approximate surface area is 112 Å². The second kappa shape index (κ2) is 6.71. The molecule has 0 radical (unpaired) electrons. The van der Waals surface area contributed by atoms with Crippen molar-refractivity contribution in [3.05, 3.63) is 33.9 Å². The van der Waals surface area contributed by atoms with Crippen LogP contribution in [0.3, 0.4) is 0 Å². The first-order valence-electron chi connectivity index (χ1n) is 6.01. The Kier molecular flexibility index (Phi) is 5.27. The van der Waals surface area contributed by atoms with E-state index in [1.807, 2.05) is 19.9 Å². The molecule has 1 rings (SSSR count). The largest absolute Gasteiger partial charge is 0.469 e. The lowest BCUT2D eigenvalue weighted by Gasteiger charge is -2.11. The fourth-order valence-corrected chi connectivity index (χ4v) is 1.45. The van der Waals surface area contributed by atoms with Crippen molar-refractivity contribution >= 4 is 5.69 Å². The van der Waals surface area contributed by atoms with Crippen molar-refractivity contribution in [3.8, 4) is 11.8 Å². The third-order valence-corrected chi connectivity index (χ3v) is 2.42. The van der Waals surface area contributed by atoms with Crippen LogP contribution in [0.15, 0.2) is 18.2 Å². The molecule has 1 unspecified atom stereocenters. The van der Waals surface area contributed by atoms with E-state index in [0.29, 0.717) is 12.6 Å². The van der Waals surface area contributed by atoms with Crippen LogP contribution in [0.4, 0.5) is 5.69 Å². The molecule has 0 spiro atoms. The molecule has 0 aromatic heterocycles. The van der Waals surface area contributed by atoms with E-state index < -0.39 is 11.0 Å². The number of nitro groups is 1. The summed E-state index contributed by atoms with van der Waals surface area (Å²) in [5, 5.41) is 22.8. The van der Waals surface area contributed by atoms with Gasteiger partial charge in [0.15, 0.2) is 11.9 Å². The van der Waals surface area contributed by atoms with Crippen molar-refractivity contribution in [1.29, 1.82) is 5.26 Å². The van der Waals surface area contributed by atoms with Gasteiger partial charge in [-0.15, -0.1) is 0 Å². The van der Waals surface area contributed by atoms with Gasteiger partial charge in [0.2, 0.25) is 0 Å². The van der Waals surface area contributed by atoms with Crippen molar-refractivity contribution in [2.75, 3.05) is 0 Å². The quantitative estimate of drug-likeness (QED) is 0.628. The van der Waals surface area contributed by atoms with Crippen LogP contribution in [0.2, 0.25) is 0 Å². The highest BCUT2D eigenvalue weighted by Gasteiger charge is 2.17. The zero-order valence-electron chi connectivity index (χ0n) is 11.2. The second-order valence-electron chi connectivity index (χ2n) is 4.48. The van der Waals surface area contributed by atoms with Crippen LogP contribution in [0.5, 0.6) is 5.75 Å². The van der Waals surface area contributed by atoms with E-state index in [2.05, 4.69) is 5.32 Å². The SMILES string of the molecule is CC(C)NCc1ccc([N+](=O)[O-])c(OC(C)C#N)c1. The number of ether oxygens (including phenoxy) is 1. The highest BCUT2D eigenvalue weighted by atomic mass is 16.6. The summed E-state index contributed by atoms with van der Waals surface area (Å²) in [6, 6.07) is 6.88. The van der Waals surface area contributed by atoms with Gasteiger partial charge in [-0.05, 0) is 18.6 Å². The summed E-state index contributed by atoms with van der Waals surface area (Å²) in [7, 11) is 0. The Morgan fingerprint density at radius 1 is 1.47 bits per heavy atom. The number of hydrogen-bond donors (Lipinski definition) is 1. The van der Waals surface area contributed by atoms with Crippen LogP contribution in [0.1, 0.15) is 26.3 Å². The Morgan fingerprint density at radius 3 is 2.68 bits per heavy atom. The molecule has 0 heterocycles. The zero-order chi connectivity index (χ0) is 14.4. The molecular weight excluding hydrogens is 246 g/mol. The summed E-state index contributed by atoms with van der Waals surface area (Å²) >= 11 is 0. The zero-order valence-corrected chi connectivity index (χ0v) is 11.2. The molecule has 0 fully saturated rings. The smallest absolute Gasteiger partial charge is 0.310 e. The summed E-state index contributed by atoms with van der Waals surface area (Å²) in [6.07, 6.45) is -0.730. The van der Waals surface area contributed by atoms with Gasteiger partial charge in [0, 0.05) is 18.7 Å². The van der Waals surface area contributed by atoms with Crippen LogP contribution < -0.4 is 10.1 Å². The molecule has 0 saturated heterocycles. The van der Waals surface area contributed by atoms with Crippen molar-refractivity contribution in [2.45, 2.75) is 39.5 Å². The molecule has 1 atom stereocenters. The molecule has 19 heavy (non-hydrogen) atoms. The van der Waals surface area contributed by atoms with Gasteiger partial charge >= 0.3 is 5.69 Å². The molecule has 102 valence electrons. The number of hydrogen-bond acceptors (Lipinski definition) is 5. The van der Waals surface area contributed by atoms with Gasteiger partial charge in [0.25, 0.3) is 0 Å². The van der Waals surface area contributed by atoms with Gasteiger partial charge in [-0.3, -0.25) is 10.1 Å². The highest BCUT2D eigenvalue weighted by molar-refractivity contribution is 5.48. The minimum absolute atomic E-state index is 0.127. The van der Waals surface area contributed by atoms with Crippen LogP contribution in [0.25, 0.3) is 0 Å².